The van der Waals surface area contributed by atoms with E-state index in [1.165, 1.54) is 5.57 Å². The van der Waals surface area contributed by atoms with Gasteiger partial charge in [0.15, 0.2) is 0 Å². The lowest BCUT2D eigenvalue weighted by Crippen LogP contribution is -2.54. The minimum atomic E-state index is -0.422. The van der Waals surface area contributed by atoms with Gasteiger partial charge in [-0.25, -0.2) is 0 Å². The minimum Gasteiger partial charge on any atom is -0.340 e. The van der Waals surface area contributed by atoms with E-state index in [2.05, 4.69) is 59.8 Å². The summed E-state index contributed by atoms with van der Waals surface area (Å²) in [7, 11) is 1.94. The van der Waals surface area contributed by atoms with Gasteiger partial charge < -0.3 is 4.90 Å². The first kappa shape index (κ1) is 15.3. The van der Waals surface area contributed by atoms with E-state index in [0.717, 1.165) is 6.42 Å². The Morgan fingerprint density at radius 3 is 2.45 bits per heavy atom. The molecular formula is C18H29NO. The molecule has 2 nitrogen and oxygen atoms in total. The van der Waals surface area contributed by atoms with Crippen molar-refractivity contribution in [2.45, 2.75) is 53.5 Å². The van der Waals surface area contributed by atoms with E-state index in [4.69, 9.17) is 0 Å². The summed E-state index contributed by atoms with van der Waals surface area (Å²) in [5, 5.41) is 0. The molecule has 0 aromatic carbocycles. The van der Waals surface area contributed by atoms with Crippen molar-refractivity contribution >= 4 is 5.91 Å². The third-order valence-corrected chi connectivity index (χ3v) is 5.26. The fraction of sp³-hybridized carbons (Fsp3) is 0.722. The SMILES string of the molecule is CC1=CC2(C(=O)N(C)C(C)(C)C)C=CC1CC2C(C)C. The summed E-state index contributed by atoms with van der Waals surface area (Å²) in [5.41, 5.74) is 0.798. The van der Waals surface area contributed by atoms with Crippen molar-refractivity contribution in [2.75, 3.05) is 7.05 Å². The van der Waals surface area contributed by atoms with E-state index in [1.807, 2.05) is 11.9 Å². The van der Waals surface area contributed by atoms with Gasteiger partial charge in [0.1, 0.15) is 0 Å². The molecule has 2 bridgehead atoms. The van der Waals surface area contributed by atoms with Crippen LogP contribution in [0, 0.1) is 23.2 Å². The summed E-state index contributed by atoms with van der Waals surface area (Å²) in [6.07, 6.45) is 7.79. The second-order valence-electron chi connectivity index (χ2n) is 7.91. The van der Waals surface area contributed by atoms with Gasteiger partial charge in [-0.15, -0.1) is 0 Å². The average Bonchev–Trinajstić information content (AvgIpc) is 2.36. The topological polar surface area (TPSA) is 20.3 Å². The van der Waals surface area contributed by atoms with Gasteiger partial charge in [0, 0.05) is 12.6 Å². The van der Waals surface area contributed by atoms with Gasteiger partial charge in [0.25, 0.3) is 0 Å². The van der Waals surface area contributed by atoms with Crippen LogP contribution >= 0.6 is 0 Å². The van der Waals surface area contributed by atoms with E-state index in [0.29, 0.717) is 17.8 Å². The molecule has 3 atom stereocenters. The smallest absolute Gasteiger partial charge is 0.236 e. The Balaban J connectivity index is 2.46. The van der Waals surface area contributed by atoms with Crippen LogP contribution in [0.5, 0.6) is 0 Å². The van der Waals surface area contributed by atoms with Crippen LogP contribution < -0.4 is 0 Å². The molecular weight excluding hydrogens is 246 g/mol. The number of carbonyl (C=O) groups excluding carboxylic acids is 1. The molecule has 3 rings (SSSR count). The number of hydrogen-bond donors (Lipinski definition) is 0. The van der Waals surface area contributed by atoms with Crippen LogP contribution in [0.2, 0.25) is 0 Å². The van der Waals surface area contributed by atoms with Gasteiger partial charge in [-0.2, -0.15) is 0 Å². The summed E-state index contributed by atoms with van der Waals surface area (Å²) in [4.78, 5) is 15.1. The fourth-order valence-electron chi connectivity index (χ4n) is 3.63. The monoisotopic (exact) mass is 275 g/mol. The predicted molar refractivity (Wildman–Crippen MR) is 84.3 cm³/mol. The van der Waals surface area contributed by atoms with E-state index in [9.17, 15) is 4.79 Å². The normalized spacial score (nSPS) is 32.5. The lowest BCUT2D eigenvalue weighted by atomic mass is 9.57. The summed E-state index contributed by atoms with van der Waals surface area (Å²) < 4.78 is 0. The fourth-order valence-corrected chi connectivity index (χ4v) is 3.63. The van der Waals surface area contributed by atoms with Gasteiger partial charge in [0.05, 0.1) is 5.41 Å². The van der Waals surface area contributed by atoms with Crippen LogP contribution in [0.4, 0.5) is 0 Å². The molecule has 20 heavy (non-hydrogen) atoms. The standard InChI is InChI=1S/C18H29NO/c1-12(2)15-10-14-8-9-18(15,11-13(14)3)16(20)19(7)17(4,5)6/h8-9,11-12,14-15H,10H2,1-7H3. The molecule has 0 heterocycles. The minimum absolute atomic E-state index is 0.142. The number of nitrogens with zero attached hydrogens (tertiary/aromatic N) is 1. The maximum atomic E-state index is 13.2. The zero-order chi connectivity index (χ0) is 15.3. The van der Waals surface area contributed by atoms with Gasteiger partial charge in [-0.3, -0.25) is 4.79 Å². The van der Waals surface area contributed by atoms with E-state index in [1.54, 1.807) is 0 Å². The number of allylic oxidation sites excluding steroid dienone is 2. The lowest BCUT2D eigenvalue weighted by Gasteiger charge is -2.50. The number of carbonyl (C=O) groups is 1. The summed E-state index contributed by atoms with van der Waals surface area (Å²) >= 11 is 0. The molecule has 0 saturated heterocycles. The Kier molecular flexibility index (Phi) is 3.64. The number of fused-ring (bicyclic) bond motifs is 1. The summed E-state index contributed by atoms with van der Waals surface area (Å²) in [6.45, 7) is 13.0. The Morgan fingerprint density at radius 2 is 2.00 bits per heavy atom. The van der Waals surface area contributed by atoms with Crippen molar-refractivity contribution in [1.29, 1.82) is 0 Å². The highest BCUT2D eigenvalue weighted by Crippen LogP contribution is 2.52. The lowest BCUT2D eigenvalue weighted by molar-refractivity contribution is -0.144. The molecule has 3 aliphatic rings. The highest BCUT2D eigenvalue weighted by molar-refractivity contribution is 5.88. The van der Waals surface area contributed by atoms with Crippen molar-refractivity contribution < 1.29 is 4.79 Å². The van der Waals surface area contributed by atoms with Crippen LogP contribution in [0.3, 0.4) is 0 Å². The molecule has 0 aliphatic heterocycles. The van der Waals surface area contributed by atoms with Crippen molar-refractivity contribution in [3.63, 3.8) is 0 Å². The third kappa shape index (κ3) is 2.23. The van der Waals surface area contributed by atoms with Crippen LogP contribution in [0.15, 0.2) is 23.8 Å². The molecule has 0 aromatic heterocycles. The van der Waals surface area contributed by atoms with Crippen LogP contribution in [-0.2, 0) is 4.79 Å². The van der Waals surface area contributed by atoms with E-state index in [-0.39, 0.29) is 11.4 Å². The number of rotatable bonds is 2. The maximum Gasteiger partial charge on any atom is 0.236 e. The molecule has 1 amide bonds. The highest BCUT2D eigenvalue weighted by atomic mass is 16.2. The first-order valence-electron chi connectivity index (χ1n) is 7.76. The number of amides is 1. The molecule has 0 radical (unpaired) electrons. The largest absolute Gasteiger partial charge is 0.340 e. The molecule has 3 unspecified atom stereocenters. The molecule has 3 aliphatic carbocycles. The zero-order valence-electron chi connectivity index (χ0n) is 14.0. The predicted octanol–water partition coefficient (Wildman–Crippen LogP) is 4.04. The van der Waals surface area contributed by atoms with Crippen LogP contribution in [0.1, 0.15) is 48.0 Å². The molecule has 2 heteroatoms. The van der Waals surface area contributed by atoms with Crippen molar-refractivity contribution in [3.8, 4) is 0 Å². The zero-order valence-corrected chi connectivity index (χ0v) is 14.0. The molecule has 112 valence electrons. The quantitative estimate of drug-likeness (QED) is 0.697. The summed E-state index contributed by atoms with van der Waals surface area (Å²) in [5.74, 6) is 1.72. The summed E-state index contributed by atoms with van der Waals surface area (Å²) in [6, 6.07) is 0. The van der Waals surface area contributed by atoms with E-state index < -0.39 is 5.41 Å². The van der Waals surface area contributed by atoms with Crippen LogP contribution in [-0.4, -0.2) is 23.4 Å². The Hall–Kier alpha value is -1.05. The Labute approximate surface area is 123 Å². The Morgan fingerprint density at radius 1 is 1.40 bits per heavy atom. The first-order valence-corrected chi connectivity index (χ1v) is 7.76. The molecule has 0 N–H and O–H groups in total. The number of hydrogen-bond acceptors (Lipinski definition) is 1. The average molecular weight is 275 g/mol. The van der Waals surface area contributed by atoms with Gasteiger partial charge in [-0.05, 0) is 51.9 Å². The molecule has 0 fully saturated rings. The first-order chi connectivity index (χ1) is 9.09. The second-order valence-corrected chi connectivity index (χ2v) is 7.91. The van der Waals surface area contributed by atoms with Gasteiger partial charge in [0.2, 0.25) is 5.91 Å². The second kappa shape index (κ2) is 4.75. The third-order valence-electron chi connectivity index (χ3n) is 5.26. The van der Waals surface area contributed by atoms with Crippen molar-refractivity contribution in [1.82, 2.24) is 4.90 Å². The van der Waals surface area contributed by atoms with Crippen molar-refractivity contribution in [2.24, 2.45) is 23.2 Å². The highest BCUT2D eigenvalue weighted by Gasteiger charge is 2.51. The maximum absolute atomic E-state index is 13.2. The van der Waals surface area contributed by atoms with Gasteiger partial charge >= 0.3 is 0 Å². The Bertz CT molecular complexity index is 466. The van der Waals surface area contributed by atoms with Gasteiger partial charge in [-0.1, -0.05) is 37.6 Å². The van der Waals surface area contributed by atoms with E-state index >= 15 is 0 Å². The molecule has 0 aromatic rings. The van der Waals surface area contributed by atoms with Crippen molar-refractivity contribution in [3.05, 3.63) is 23.8 Å². The van der Waals surface area contributed by atoms with Crippen LogP contribution in [0.25, 0.3) is 0 Å². The molecule has 0 saturated carbocycles. The molecule has 0 spiro atoms.